The molecule has 0 aromatic heterocycles. The Morgan fingerprint density at radius 2 is 1.67 bits per heavy atom. The van der Waals surface area contributed by atoms with Crippen LogP contribution in [0.15, 0.2) is 53.4 Å². The molecule has 0 spiro atoms. The van der Waals surface area contributed by atoms with Crippen molar-refractivity contribution in [1.29, 1.82) is 0 Å². The van der Waals surface area contributed by atoms with Crippen LogP contribution in [-0.4, -0.2) is 15.0 Å². The monoisotopic (exact) mass is 373 g/mol. The molecule has 0 bridgehead atoms. The first-order valence-corrected chi connectivity index (χ1v) is 8.46. The summed E-state index contributed by atoms with van der Waals surface area (Å²) in [6.45, 7) is -0.200. The van der Waals surface area contributed by atoms with Gasteiger partial charge in [0.1, 0.15) is 0 Å². The van der Waals surface area contributed by atoms with Crippen molar-refractivity contribution in [2.45, 2.75) is 11.1 Å². The van der Waals surface area contributed by atoms with E-state index < -0.39 is 21.8 Å². The molecule has 0 aliphatic heterocycles. The maximum Gasteiger partial charge on any atom is 0.416 e. The first-order valence-electron chi connectivity index (χ1n) is 6.60. The highest BCUT2D eigenvalue weighted by Gasteiger charge is 2.30. The largest absolute Gasteiger partial charge is 0.416 e. The Hall–Kier alpha value is -2.01. The molecule has 3 nitrogen and oxygen atoms in total. The lowest BCUT2D eigenvalue weighted by molar-refractivity contribution is -0.137. The van der Waals surface area contributed by atoms with Gasteiger partial charge in [-0.1, -0.05) is 35.6 Å². The van der Waals surface area contributed by atoms with Crippen molar-refractivity contribution in [3.05, 3.63) is 64.7 Å². The summed E-state index contributed by atoms with van der Waals surface area (Å²) < 4.78 is 63.6. The SMILES string of the molecule is O=S(=O)(NCC#Cc1ccccc1Cl)c1ccc(C(F)(F)F)cc1. The molecule has 0 aliphatic carbocycles. The molecule has 0 amide bonds. The lowest BCUT2D eigenvalue weighted by atomic mass is 10.2. The van der Waals surface area contributed by atoms with E-state index in [2.05, 4.69) is 16.6 Å². The van der Waals surface area contributed by atoms with E-state index in [1.807, 2.05) is 0 Å². The molecule has 0 heterocycles. The van der Waals surface area contributed by atoms with Gasteiger partial charge in [-0.2, -0.15) is 17.9 Å². The second-order valence-corrected chi connectivity index (χ2v) is 6.80. The third kappa shape index (κ3) is 4.74. The molecule has 24 heavy (non-hydrogen) atoms. The van der Waals surface area contributed by atoms with Crippen LogP contribution in [-0.2, 0) is 16.2 Å². The molecule has 0 saturated carbocycles. The number of rotatable bonds is 3. The zero-order chi connectivity index (χ0) is 17.8. The highest BCUT2D eigenvalue weighted by molar-refractivity contribution is 7.89. The van der Waals surface area contributed by atoms with Crippen LogP contribution in [0.25, 0.3) is 0 Å². The zero-order valence-electron chi connectivity index (χ0n) is 12.1. The van der Waals surface area contributed by atoms with Gasteiger partial charge in [0.05, 0.1) is 22.0 Å². The predicted molar refractivity (Wildman–Crippen MR) is 85.0 cm³/mol. The van der Waals surface area contributed by atoms with Gasteiger partial charge in [-0.15, -0.1) is 0 Å². The number of sulfonamides is 1. The van der Waals surface area contributed by atoms with E-state index in [4.69, 9.17) is 11.6 Å². The number of hydrogen-bond acceptors (Lipinski definition) is 2. The Balaban J connectivity index is 2.06. The fourth-order valence-electron chi connectivity index (χ4n) is 1.74. The van der Waals surface area contributed by atoms with Crippen LogP contribution in [0.3, 0.4) is 0 Å². The quantitative estimate of drug-likeness (QED) is 0.834. The van der Waals surface area contributed by atoms with Crippen LogP contribution in [0.5, 0.6) is 0 Å². The summed E-state index contributed by atoms with van der Waals surface area (Å²) in [6.07, 6.45) is -4.52. The van der Waals surface area contributed by atoms with Gasteiger partial charge in [-0.3, -0.25) is 0 Å². The maximum absolute atomic E-state index is 12.5. The van der Waals surface area contributed by atoms with E-state index in [-0.39, 0.29) is 11.4 Å². The summed E-state index contributed by atoms with van der Waals surface area (Å²) >= 11 is 5.91. The summed E-state index contributed by atoms with van der Waals surface area (Å²) in [5.74, 6) is 5.31. The summed E-state index contributed by atoms with van der Waals surface area (Å²) in [5.41, 5.74) is -0.368. The molecular weight excluding hydrogens is 363 g/mol. The minimum atomic E-state index is -4.52. The van der Waals surface area contributed by atoms with Crippen LogP contribution < -0.4 is 4.72 Å². The Kier molecular flexibility index (Phi) is 5.54. The summed E-state index contributed by atoms with van der Waals surface area (Å²) in [6, 6.07) is 10.0. The molecule has 0 saturated heterocycles. The lowest BCUT2D eigenvalue weighted by Crippen LogP contribution is -2.24. The summed E-state index contributed by atoms with van der Waals surface area (Å²) in [4.78, 5) is -0.268. The van der Waals surface area contributed by atoms with Crippen molar-refractivity contribution in [2.75, 3.05) is 6.54 Å². The molecule has 8 heteroatoms. The second kappa shape index (κ2) is 7.26. The van der Waals surface area contributed by atoms with Crippen LogP contribution in [0.4, 0.5) is 13.2 Å². The third-order valence-corrected chi connectivity index (χ3v) is 4.69. The van der Waals surface area contributed by atoms with Gasteiger partial charge in [0, 0.05) is 5.56 Å². The number of alkyl halides is 3. The fourth-order valence-corrected chi connectivity index (χ4v) is 2.85. The molecule has 0 radical (unpaired) electrons. The standard InChI is InChI=1S/C16H11ClF3NO2S/c17-15-6-2-1-4-12(15)5-3-11-21-24(22,23)14-9-7-13(8-10-14)16(18,19)20/h1-2,4,6-10,21H,11H2. The van der Waals surface area contributed by atoms with Crippen molar-refractivity contribution in [3.8, 4) is 11.8 Å². The Morgan fingerprint density at radius 3 is 2.25 bits per heavy atom. The maximum atomic E-state index is 12.5. The van der Waals surface area contributed by atoms with Gasteiger partial charge >= 0.3 is 6.18 Å². The lowest BCUT2D eigenvalue weighted by Gasteiger charge is -2.08. The summed E-state index contributed by atoms with van der Waals surface area (Å²) in [5, 5.41) is 0.440. The molecule has 0 atom stereocenters. The van der Waals surface area contributed by atoms with Crippen LogP contribution in [0, 0.1) is 11.8 Å². The van der Waals surface area contributed by atoms with Crippen molar-refractivity contribution in [1.82, 2.24) is 4.72 Å². The average molecular weight is 374 g/mol. The Bertz CT molecular complexity index is 882. The van der Waals surface area contributed by atoms with E-state index in [1.165, 1.54) is 0 Å². The first kappa shape index (κ1) is 18.3. The summed E-state index contributed by atoms with van der Waals surface area (Å²) in [7, 11) is -3.94. The smallest absolute Gasteiger partial charge is 0.207 e. The molecule has 0 unspecified atom stereocenters. The Morgan fingerprint density at radius 1 is 1.04 bits per heavy atom. The van der Waals surface area contributed by atoms with Crippen molar-refractivity contribution < 1.29 is 21.6 Å². The molecule has 1 N–H and O–H groups in total. The molecule has 126 valence electrons. The van der Waals surface area contributed by atoms with Crippen molar-refractivity contribution in [2.24, 2.45) is 0 Å². The van der Waals surface area contributed by atoms with Crippen LogP contribution >= 0.6 is 11.6 Å². The second-order valence-electron chi connectivity index (χ2n) is 4.63. The minimum Gasteiger partial charge on any atom is -0.207 e. The molecular formula is C16H11ClF3NO2S. The van der Waals surface area contributed by atoms with E-state index in [0.29, 0.717) is 22.7 Å². The minimum absolute atomic E-state index is 0.200. The fraction of sp³-hybridized carbons (Fsp3) is 0.125. The predicted octanol–water partition coefficient (Wildman–Crippen LogP) is 3.69. The van der Waals surface area contributed by atoms with Gasteiger partial charge in [-0.25, -0.2) is 8.42 Å². The Labute approximate surface area is 142 Å². The van der Waals surface area contributed by atoms with Crippen molar-refractivity contribution >= 4 is 21.6 Å². The van der Waals surface area contributed by atoms with Crippen LogP contribution in [0.2, 0.25) is 5.02 Å². The van der Waals surface area contributed by atoms with Gasteiger partial charge in [0.25, 0.3) is 0 Å². The van der Waals surface area contributed by atoms with Crippen LogP contribution in [0.1, 0.15) is 11.1 Å². The molecule has 0 aliphatic rings. The van der Waals surface area contributed by atoms with Gasteiger partial charge < -0.3 is 0 Å². The number of halogens is 4. The number of benzene rings is 2. The van der Waals surface area contributed by atoms with E-state index >= 15 is 0 Å². The van der Waals surface area contributed by atoms with Gasteiger partial charge in [0.15, 0.2) is 0 Å². The first-order chi connectivity index (χ1) is 11.2. The normalized spacial score (nSPS) is 11.7. The van der Waals surface area contributed by atoms with Gasteiger partial charge in [-0.05, 0) is 36.4 Å². The molecule has 2 aromatic rings. The molecule has 0 fully saturated rings. The van der Waals surface area contributed by atoms with E-state index in [0.717, 1.165) is 12.1 Å². The molecule has 2 aromatic carbocycles. The van der Waals surface area contributed by atoms with E-state index in [9.17, 15) is 21.6 Å². The number of nitrogens with one attached hydrogen (secondary N) is 1. The van der Waals surface area contributed by atoms with E-state index in [1.54, 1.807) is 24.3 Å². The topological polar surface area (TPSA) is 46.2 Å². The average Bonchev–Trinajstić information content (AvgIpc) is 2.52. The third-order valence-electron chi connectivity index (χ3n) is 2.94. The zero-order valence-corrected chi connectivity index (χ0v) is 13.6. The number of hydrogen-bond donors (Lipinski definition) is 1. The highest BCUT2D eigenvalue weighted by Crippen LogP contribution is 2.29. The highest BCUT2D eigenvalue weighted by atomic mass is 35.5. The van der Waals surface area contributed by atoms with Crippen molar-refractivity contribution in [3.63, 3.8) is 0 Å². The van der Waals surface area contributed by atoms with Gasteiger partial charge in [0.2, 0.25) is 10.0 Å². The molecule has 2 rings (SSSR count).